The Morgan fingerprint density at radius 2 is 2.45 bits per heavy atom. The van der Waals surface area contributed by atoms with Gasteiger partial charge in [0.15, 0.2) is 10.8 Å². The standard InChI is InChI=1S/C14H20N6OS/c1-9-3-2-4-20(11(9)6-15)12(21)5-10-7-22-14(18-10)13-16-8-17-19-13/h7-9,11H,2-6,15H2,1H3,(H,16,17,19)/t9-,11-/m1/s1. The van der Waals surface area contributed by atoms with E-state index in [1.807, 2.05) is 10.3 Å². The summed E-state index contributed by atoms with van der Waals surface area (Å²) in [5, 5.41) is 9.25. The zero-order valence-electron chi connectivity index (χ0n) is 12.5. The molecule has 1 fully saturated rings. The molecule has 0 aliphatic carbocycles. The van der Waals surface area contributed by atoms with Crippen molar-refractivity contribution in [1.82, 2.24) is 25.1 Å². The first-order valence-corrected chi connectivity index (χ1v) is 8.36. The molecule has 0 spiro atoms. The number of carbonyl (C=O) groups excluding carboxylic acids is 1. The quantitative estimate of drug-likeness (QED) is 0.877. The summed E-state index contributed by atoms with van der Waals surface area (Å²) >= 11 is 1.46. The van der Waals surface area contributed by atoms with Crippen LogP contribution in [0.1, 0.15) is 25.5 Å². The number of likely N-dealkylation sites (tertiary alicyclic amines) is 1. The van der Waals surface area contributed by atoms with E-state index in [9.17, 15) is 4.79 Å². The fraction of sp³-hybridized carbons (Fsp3) is 0.571. The molecule has 118 valence electrons. The third kappa shape index (κ3) is 3.02. The molecule has 2 aromatic rings. The second-order valence-electron chi connectivity index (χ2n) is 5.66. The zero-order chi connectivity index (χ0) is 15.5. The highest BCUT2D eigenvalue weighted by molar-refractivity contribution is 7.13. The Morgan fingerprint density at radius 1 is 1.59 bits per heavy atom. The van der Waals surface area contributed by atoms with Gasteiger partial charge in [0.25, 0.3) is 0 Å². The lowest BCUT2D eigenvalue weighted by atomic mass is 9.90. The molecule has 0 aromatic carbocycles. The number of amides is 1. The average molecular weight is 320 g/mol. The van der Waals surface area contributed by atoms with E-state index in [4.69, 9.17) is 5.73 Å². The summed E-state index contributed by atoms with van der Waals surface area (Å²) in [5.41, 5.74) is 6.63. The summed E-state index contributed by atoms with van der Waals surface area (Å²) in [4.78, 5) is 23.0. The molecule has 0 bridgehead atoms. The van der Waals surface area contributed by atoms with Crippen molar-refractivity contribution < 1.29 is 4.79 Å². The van der Waals surface area contributed by atoms with E-state index in [0.29, 0.717) is 24.7 Å². The molecule has 1 saturated heterocycles. The van der Waals surface area contributed by atoms with Gasteiger partial charge in [-0.3, -0.25) is 9.89 Å². The van der Waals surface area contributed by atoms with Gasteiger partial charge in [0.05, 0.1) is 12.1 Å². The third-order valence-corrected chi connectivity index (χ3v) is 5.08. The van der Waals surface area contributed by atoms with E-state index in [1.165, 1.54) is 17.7 Å². The molecule has 3 heterocycles. The SMILES string of the molecule is C[C@@H]1CCCN(C(=O)Cc2csc(-c3ncn[nH]3)n2)[C@@H]1CN. The fourth-order valence-corrected chi connectivity index (χ4v) is 3.74. The van der Waals surface area contributed by atoms with Gasteiger partial charge in [0.2, 0.25) is 5.91 Å². The topological polar surface area (TPSA) is 101 Å². The molecular weight excluding hydrogens is 300 g/mol. The molecule has 2 atom stereocenters. The number of thiazole rings is 1. The normalized spacial score (nSPS) is 22.0. The predicted octanol–water partition coefficient (Wildman–Crippen LogP) is 1.06. The first kappa shape index (κ1) is 15.1. The number of aromatic nitrogens is 4. The molecule has 0 unspecified atom stereocenters. The van der Waals surface area contributed by atoms with Crippen molar-refractivity contribution in [2.24, 2.45) is 11.7 Å². The summed E-state index contributed by atoms with van der Waals surface area (Å²) in [6, 6.07) is 0.147. The van der Waals surface area contributed by atoms with Gasteiger partial charge in [-0.2, -0.15) is 5.10 Å². The lowest BCUT2D eigenvalue weighted by molar-refractivity contribution is -0.135. The number of piperidine rings is 1. The van der Waals surface area contributed by atoms with Gasteiger partial charge >= 0.3 is 0 Å². The molecule has 1 aliphatic rings. The van der Waals surface area contributed by atoms with Crippen molar-refractivity contribution in [2.45, 2.75) is 32.2 Å². The van der Waals surface area contributed by atoms with Gasteiger partial charge in [0.1, 0.15) is 6.33 Å². The van der Waals surface area contributed by atoms with Crippen molar-refractivity contribution >= 4 is 17.2 Å². The maximum Gasteiger partial charge on any atom is 0.228 e. The van der Waals surface area contributed by atoms with E-state index < -0.39 is 0 Å². The Balaban J connectivity index is 1.69. The molecule has 0 saturated carbocycles. The first-order chi connectivity index (χ1) is 10.7. The lowest BCUT2D eigenvalue weighted by Gasteiger charge is -2.39. The lowest BCUT2D eigenvalue weighted by Crippen LogP contribution is -2.51. The highest BCUT2D eigenvalue weighted by Gasteiger charge is 2.30. The molecule has 3 rings (SSSR count). The Morgan fingerprint density at radius 3 is 3.18 bits per heavy atom. The maximum absolute atomic E-state index is 12.6. The van der Waals surface area contributed by atoms with Crippen LogP contribution in [0.5, 0.6) is 0 Å². The summed E-state index contributed by atoms with van der Waals surface area (Å²) in [7, 11) is 0. The smallest absolute Gasteiger partial charge is 0.228 e. The van der Waals surface area contributed by atoms with Crippen LogP contribution in [0.3, 0.4) is 0 Å². The minimum Gasteiger partial charge on any atom is -0.338 e. The largest absolute Gasteiger partial charge is 0.338 e. The van der Waals surface area contributed by atoms with Crippen molar-refractivity contribution in [3.05, 3.63) is 17.4 Å². The molecule has 22 heavy (non-hydrogen) atoms. The first-order valence-electron chi connectivity index (χ1n) is 7.48. The molecular formula is C14H20N6OS. The van der Waals surface area contributed by atoms with Crippen LogP contribution in [0.15, 0.2) is 11.7 Å². The van der Waals surface area contributed by atoms with Gasteiger partial charge in [-0.15, -0.1) is 11.3 Å². The Bertz CT molecular complexity index is 625. The molecule has 3 N–H and O–H groups in total. The highest BCUT2D eigenvalue weighted by atomic mass is 32.1. The number of hydrogen-bond donors (Lipinski definition) is 2. The number of carbonyl (C=O) groups is 1. The van der Waals surface area contributed by atoms with Crippen LogP contribution in [0, 0.1) is 5.92 Å². The summed E-state index contributed by atoms with van der Waals surface area (Å²) in [5.74, 6) is 1.20. The monoisotopic (exact) mass is 320 g/mol. The van der Waals surface area contributed by atoms with Crippen LogP contribution in [-0.2, 0) is 11.2 Å². The van der Waals surface area contributed by atoms with E-state index >= 15 is 0 Å². The third-order valence-electron chi connectivity index (χ3n) is 4.18. The molecule has 2 aromatic heterocycles. The number of aromatic amines is 1. The van der Waals surface area contributed by atoms with Gasteiger partial charge in [-0.1, -0.05) is 6.92 Å². The van der Waals surface area contributed by atoms with E-state index in [-0.39, 0.29) is 11.9 Å². The summed E-state index contributed by atoms with van der Waals surface area (Å²) in [6.45, 7) is 3.49. The highest BCUT2D eigenvalue weighted by Crippen LogP contribution is 2.24. The minimum atomic E-state index is 0.108. The van der Waals surface area contributed by atoms with E-state index in [0.717, 1.165) is 30.1 Å². The fourth-order valence-electron chi connectivity index (χ4n) is 2.98. The molecule has 1 aliphatic heterocycles. The predicted molar refractivity (Wildman–Crippen MR) is 84.1 cm³/mol. The van der Waals surface area contributed by atoms with Gasteiger partial charge in [-0.25, -0.2) is 9.97 Å². The second kappa shape index (κ2) is 6.53. The van der Waals surface area contributed by atoms with E-state index in [2.05, 4.69) is 27.1 Å². The number of nitrogens with zero attached hydrogens (tertiary/aromatic N) is 4. The Labute approximate surface area is 133 Å². The number of nitrogens with two attached hydrogens (primary N) is 1. The van der Waals surface area contributed by atoms with Crippen LogP contribution in [0.2, 0.25) is 0 Å². The Hall–Kier alpha value is -1.80. The van der Waals surface area contributed by atoms with Crippen LogP contribution < -0.4 is 5.73 Å². The van der Waals surface area contributed by atoms with E-state index in [1.54, 1.807) is 0 Å². The zero-order valence-corrected chi connectivity index (χ0v) is 13.3. The average Bonchev–Trinajstić information content (AvgIpc) is 3.17. The van der Waals surface area contributed by atoms with Crippen LogP contribution >= 0.6 is 11.3 Å². The van der Waals surface area contributed by atoms with Crippen molar-refractivity contribution in [3.63, 3.8) is 0 Å². The number of H-pyrrole nitrogens is 1. The number of rotatable bonds is 4. The summed E-state index contributed by atoms with van der Waals surface area (Å²) < 4.78 is 0. The molecule has 1 amide bonds. The second-order valence-corrected chi connectivity index (χ2v) is 6.52. The van der Waals surface area contributed by atoms with Crippen molar-refractivity contribution in [1.29, 1.82) is 0 Å². The molecule has 7 nitrogen and oxygen atoms in total. The molecule has 0 radical (unpaired) electrons. The maximum atomic E-state index is 12.6. The Kier molecular flexibility index (Phi) is 4.49. The van der Waals surface area contributed by atoms with Crippen molar-refractivity contribution in [3.8, 4) is 10.8 Å². The summed E-state index contributed by atoms with van der Waals surface area (Å²) in [6.07, 6.45) is 3.94. The van der Waals surface area contributed by atoms with Crippen LogP contribution in [0.25, 0.3) is 10.8 Å². The van der Waals surface area contributed by atoms with Crippen molar-refractivity contribution in [2.75, 3.05) is 13.1 Å². The number of nitrogens with one attached hydrogen (secondary N) is 1. The van der Waals surface area contributed by atoms with Gasteiger partial charge in [-0.05, 0) is 18.8 Å². The minimum absolute atomic E-state index is 0.108. The van der Waals surface area contributed by atoms with Crippen LogP contribution in [0.4, 0.5) is 0 Å². The van der Waals surface area contributed by atoms with Gasteiger partial charge < -0.3 is 10.6 Å². The van der Waals surface area contributed by atoms with Crippen LogP contribution in [-0.4, -0.2) is 50.1 Å². The van der Waals surface area contributed by atoms with Gasteiger partial charge in [0, 0.05) is 24.5 Å². The number of hydrogen-bond acceptors (Lipinski definition) is 6. The molecule has 8 heteroatoms.